The van der Waals surface area contributed by atoms with Gasteiger partial charge in [0.05, 0.1) is 5.39 Å². The molecule has 2 aromatic rings. The molecule has 66 valence electrons. The van der Waals surface area contributed by atoms with Gasteiger partial charge in [-0.1, -0.05) is 12.1 Å². The van der Waals surface area contributed by atoms with Gasteiger partial charge in [-0.3, -0.25) is 10.0 Å². The number of rotatable bonds is 1. The maximum absolute atomic E-state index is 11.3. The third-order valence-electron chi connectivity index (χ3n) is 1.74. The molecule has 0 bridgehead atoms. The van der Waals surface area contributed by atoms with Crippen LogP contribution in [0, 0.1) is 0 Å². The zero-order valence-corrected chi connectivity index (χ0v) is 6.65. The van der Waals surface area contributed by atoms with E-state index in [1.165, 1.54) is 6.07 Å². The van der Waals surface area contributed by atoms with Crippen molar-refractivity contribution in [2.75, 3.05) is 5.48 Å². The predicted molar refractivity (Wildman–Crippen MR) is 47.9 cm³/mol. The Morgan fingerprint density at radius 1 is 1.31 bits per heavy atom. The van der Waals surface area contributed by atoms with Crippen LogP contribution < -0.4 is 10.9 Å². The van der Waals surface area contributed by atoms with Crippen LogP contribution in [-0.4, -0.2) is 5.21 Å². The molecule has 0 aliphatic rings. The SMILES string of the molecule is O=c1cc(NO)oc2ccccc12. The summed E-state index contributed by atoms with van der Waals surface area (Å²) in [5.41, 5.74) is 2.06. The molecule has 13 heavy (non-hydrogen) atoms. The summed E-state index contributed by atoms with van der Waals surface area (Å²) >= 11 is 0. The minimum atomic E-state index is -0.182. The molecule has 0 saturated heterocycles. The molecule has 1 heterocycles. The highest BCUT2D eigenvalue weighted by atomic mass is 16.5. The van der Waals surface area contributed by atoms with Gasteiger partial charge in [-0.2, -0.15) is 0 Å². The molecule has 2 N–H and O–H groups in total. The summed E-state index contributed by atoms with van der Waals surface area (Å²) in [6.45, 7) is 0. The van der Waals surface area contributed by atoms with Crippen LogP contribution in [0.25, 0.3) is 11.0 Å². The number of hydrogen-bond acceptors (Lipinski definition) is 4. The molecule has 0 aliphatic heterocycles. The van der Waals surface area contributed by atoms with Gasteiger partial charge in [0.1, 0.15) is 5.58 Å². The van der Waals surface area contributed by atoms with Crippen LogP contribution >= 0.6 is 0 Å². The third kappa shape index (κ3) is 1.27. The lowest BCUT2D eigenvalue weighted by molar-refractivity contribution is 0.365. The summed E-state index contributed by atoms with van der Waals surface area (Å²) < 4.78 is 5.13. The van der Waals surface area contributed by atoms with E-state index in [0.717, 1.165) is 0 Å². The van der Waals surface area contributed by atoms with E-state index in [2.05, 4.69) is 0 Å². The van der Waals surface area contributed by atoms with Crippen LogP contribution in [0.3, 0.4) is 0 Å². The second-order valence-corrected chi connectivity index (χ2v) is 2.58. The maximum atomic E-state index is 11.3. The molecular weight excluding hydrogens is 170 g/mol. The lowest BCUT2D eigenvalue weighted by atomic mass is 10.2. The van der Waals surface area contributed by atoms with Crippen LogP contribution in [-0.2, 0) is 0 Å². The summed E-state index contributed by atoms with van der Waals surface area (Å²) in [6.07, 6.45) is 0. The molecule has 4 nitrogen and oxygen atoms in total. The van der Waals surface area contributed by atoms with Crippen molar-refractivity contribution >= 4 is 16.9 Å². The highest BCUT2D eigenvalue weighted by molar-refractivity contribution is 5.77. The van der Waals surface area contributed by atoms with E-state index in [4.69, 9.17) is 9.62 Å². The van der Waals surface area contributed by atoms with Gasteiger partial charge >= 0.3 is 0 Å². The van der Waals surface area contributed by atoms with E-state index in [1.807, 2.05) is 0 Å². The Morgan fingerprint density at radius 3 is 2.85 bits per heavy atom. The fraction of sp³-hybridized carbons (Fsp3) is 0. The van der Waals surface area contributed by atoms with Gasteiger partial charge in [0.15, 0.2) is 5.43 Å². The van der Waals surface area contributed by atoms with E-state index < -0.39 is 0 Å². The quantitative estimate of drug-likeness (QED) is 0.649. The first-order valence-electron chi connectivity index (χ1n) is 3.74. The van der Waals surface area contributed by atoms with E-state index >= 15 is 0 Å². The number of benzene rings is 1. The standard InChI is InChI=1S/C9H7NO3/c11-7-5-9(10-12)13-8-4-2-1-3-6(7)8/h1-5,10,12H. The summed E-state index contributed by atoms with van der Waals surface area (Å²) in [6, 6.07) is 8.04. The van der Waals surface area contributed by atoms with Crippen molar-refractivity contribution in [3.63, 3.8) is 0 Å². The lowest BCUT2D eigenvalue weighted by Gasteiger charge is -1.99. The predicted octanol–water partition coefficient (Wildman–Crippen LogP) is 1.59. The topological polar surface area (TPSA) is 62.5 Å². The average Bonchev–Trinajstić information content (AvgIpc) is 2.18. The van der Waals surface area contributed by atoms with Crippen LogP contribution in [0.4, 0.5) is 5.88 Å². The average molecular weight is 177 g/mol. The monoisotopic (exact) mass is 177 g/mol. The Kier molecular flexibility index (Phi) is 1.75. The molecule has 0 amide bonds. The molecular formula is C9H7NO3. The van der Waals surface area contributed by atoms with Crippen molar-refractivity contribution < 1.29 is 9.62 Å². The molecule has 0 spiro atoms. The molecule has 1 aromatic heterocycles. The van der Waals surface area contributed by atoms with Gasteiger partial charge in [-0.05, 0) is 12.1 Å². The molecule has 1 aromatic carbocycles. The summed E-state index contributed by atoms with van der Waals surface area (Å²) in [5.74, 6) is 0.0451. The van der Waals surface area contributed by atoms with E-state index in [1.54, 1.807) is 29.7 Å². The van der Waals surface area contributed by atoms with Crippen molar-refractivity contribution in [3.05, 3.63) is 40.6 Å². The van der Waals surface area contributed by atoms with E-state index in [-0.39, 0.29) is 11.3 Å². The number of hydrogen-bond donors (Lipinski definition) is 2. The summed E-state index contributed by atoms with van der Waals surface area (Å²) in [5, 5.41) is 9.04. The summed E-state index contributed by atoms with van der Waals surface area (Å²) in [7, 11) is 0. The third-order valence-corrected chi connectivity index (χ3v) is 1.74. The van der Waals surface area contributed by atoms with Crippen LogP contribution in [0.2, 0.25) is 0 Å². The fourth-order valence-electron chi connectivity index (χ4n) is 1.16. The van der Waals surface area contributed by atoms with Crippen LogP contribution in [0.15, 0.2) is 39.5 Å². The molecule has 0 unspecified atom stereocenters. The largest absolute Gasteiger partial charge is 0.438 e. The van der Waals surface area contributed by atoms with Crippen LogP contribution in [0.5, 0.6) is 0 Å². The Bertz CT molecular complexity index is 489. The van der Waals surface area contributed by atoms with Gasteiger partial charge in [0, 0.05) is 6.07 Å². The molecule has 0 atom stereocenters. The summed E-state index contributed by atoms with van der Waals surface area (Å²) in [4.78, 5) is 11.3. The molecule has 0 aliphatic carbocycles. The lowest BCUT2D eigenvalue weighted by Crippen LogP contribution is -2.01. The molecule has 0 fully saturated rings. The molecule has 0 saturated carbocycles. The highest BCUT2D eigenvalue weighted by Gasteiger charge is 2.01. The van der Waals surface area contributed by atoms with Gasteiger partial charge in [0.25, 0.3) is 0 Å². The molecule has 2 rings (SSSR count). The fourth-order valence-corrected chi connectivity index (χ4v) is 1.16. The van der Waals surface area contributed by atoms with Crippen molar-refractivity contribution in [2.24, 2.45) is 0 Å². The maximum Gasteiger partial charge on any atom is 0.220 e. The van der Waals surface area contributed by atoms with Crippen molar-refractivity contribution in [1.29, 1.82) is 0 Å². The number of fused-ring (bicyclic) bond motifs is 1. The Hall–Kier alpha value is -1.81. The first-order chi connectivity index (χ1) is 6.31. The van der Waals surface area contributed by atoms with Gasteiger partial charge in [0.2, 0.25) is 5.88 Å². The zero-order chi connectivity index (χ0) is 9.26. The molecule has 0 radical (unpaired) electrons. The minimum absolute atomic E-state index is 0.0451. The van der Waals surface area contributed by atoms with Gasteiger partial charge < -0.3 is 4.42 Å². The van der Waals surface area contributed by atoms with Crippen molar-refractivity contribution in [1.82, 2.24) is 0 Å². The van der Waals surface area contributed by atoms with Crippen molar-refractivity contribution in [3.8, 4) is 0 Å². The van der Waals surface area contributed by atoms with Crippen molar-refractivity contribution in [2.45, 2.75) is 0 Å². The number of para-hydroxylation sites is 1. The smallest absolute Gasteiger partial charge is 0.220 e. The first kappa shape index (κ1) is 7.82. The first-order valence-corrected chi connectivity index (χ1v) is 3.74. The Labute approximate surface area is 73.4 Å². The minimum Gasteiger partial charge on any atom is -0.438 e. The van der Waals surface area contributed by atoms with E-state index in [0.29, 0.717) is 11.0 Å². The van der Waals surface area contributed by atoms with Crippen LogP contribution in [0.1, 0.15) is 0 Å². The van der Waals surface area contributed by atoms with Gasteiger partial charge in [-0.25, -0.2) is 5.48 Å². The highest BCUT2D eigenvalue weighted by Crippen LogP contribution is 2.13. The molecule has 4 heteroatoms. The normalized spacial score (nSPS) is 10.2. The van der Waals surface area contributed by atoms with E-state index in [9.17, 15) is 4.79 Å². The second kappa shape index (κ2) is 2.91. The second-order valence-electron chi connectivity index (χ2n) is 2.58. The number of nitrogens with one attached hydrogen (secondary N) is 1. The number of anilines is 1. The zero-order valence-electron chi connectivity index (χ0n) is 6.65. The van der Waals surface area contributed by atoms with Gasteiger partial charge in [-0.15, -0.1) is 0 Å². The Morgan fingerprint density at radius 2 is 2.08 bits per heavy atom. The Balaban J connectivity index is 2.85.